The van der Waals surface area contributed by atoms with Crippen molar-refractivity contribution in [3.8, 4) is 11.1 Å². The van der Waals surface area contributed by atoms with Gasteiger partial charge in [0.15, 0.2) is 5.58 Å². The Morgan fingerprint density at radius 1 is 1.17 bits per heavy atom. The lowest BCUT2D eigenvalue weighted by molar-refractivity contribution is -0.121. The van der Waals surface area contributed by atoms with Crippen molar-refractivity contribution in [2.24, 2.45) is 5.73 Å². The Morgan fingerprint density at radius 2 is 2.00 bits per heavy atom. The number of nitrogens with two attached hydrogens (primary N) is 2. The molecule has 4 aromatic rings. The van der Waals surface area contributed by atoms with Crippen LogP contribution in [0.3, 0.4) is 0 Å². The maximum Gasteiger partial charge on any atom is 0.292 e. The molecule has 0 bridgehead atoms. The van der Waals surface area contributed by atoms with E-state index < -0.39 is 11.9 Å². The molecule has 3 aromatic heterocycles. The van der Waals surface area contributed by atoms with Gasteiger partial charge in [-0.15, -0.1) is 0 Å². The highest BCUT2D eigenvalue weighted by Crippen LogP contribution is 2.27. The van der Waals surface area contributed by atoms with Crippen LogP contribution in [0.25, 0.3) is 27.9 Å². The lowest BCUT2D eigenvalue weighted by Gasteiger charge is -2.21. The molecule has 1 aromatic carbocycles. The van der Waals surface area contributed by atoms with Crippen molar-refractivity contribution in [1.82, 2.24) is 19.3 Å². The summed E-state index contributed by atoms with van der Waals surface area (Å²) >= 11 is 0. The zero-order valence-electron chi connectivity index (χ0n) is 15.4. The molecule has 1 aliphatic rings. The van der Waals surface area contributed by atoms with E-state index in [0.29, 0.717) is 35.4 Å². The van der Waals surface area contributed by atoms with Gasteiger partial charge in [0.05, 0.1) is 6.20 Å². The number of nitrogen functional groups attached to an aromatic ring is 1. The van der Waals surface area contributed by atoms with E-state index in [2.05, 4.69) is 9.97 Å². The molecule has 5 rings (SSSR count). The molecule has 146 valence electrons. The standard InChI is InChI=1S/C20H18N6O3/c21-18(27)14-2-1-7-25(14)19(28)15-9-23-17-6-4-12(10-26(15)17)11-3-5-16-13(8-11)24-20(22)29-16/h3-6,8-10,14H,1-2,7H2,(H2,21,27)(H2,22,24). The fourth-order valence-corrected chi connectivity index (χ4v) is 3.89. The van der Waals surface area contributed by atoms with Crippen LogP contribution in [-0.2, 0) is 4.79 Å². The van der Waals surface area contributed by atoms with E-state index >= 15 is 0 Å². The van der Waals surface area contributed by atoms with E-state index in [1.54, 1.807) is 10.5 Å². The Hall–Kier alpha value is -3.88. The number of anilines is 1. The number of amides is 2. The highest BCUT2D eigenvalue weighted by atomic mass is 16.4. The summed E-state index contributed by atoms with van der Waals surface area (Å²) < 4.78 is 7.05. The topological polar surface area (TPSA) is 133 Å². The largest absolute Gasteiger partial charge is 0.424 e. The van der Waals surface area contributed by atoms with Crippen molar-refractivity contribution < 1.29 is 14.0 Å². The van der Waals surface area contributed by atoms with Gasteiger partial charge < -0.3 is 20.8 Å². The molecular formula is C20H18N6O3. The van der Waals surface area contributed by atoms with Crippen LogP contribution >= 0.6 is 0 Å². The van der Waals surface area contributed by atoms with Crippen LogP contribution in [0.1, 0.15) is 23.3 Å². The van der Waals surface area contributed by atoms with E-state index in [1.165, 1.54) is 11.1 Å². The Balaban J connectivity index is 1.56. The van der Waals surface area contributed by atoms with Gasteiger partial charge in [-0.2, -0.15) is 4.98 Å². The quantitative estimate of drug-likeness (QED) is 0.548. The van der Waals surface area contributed by atoms with Crippen LogP contribution in [-0.4, -0.2) is 43.7 Å². The van der Waals surface area contributed by atoms with Gasteiger partial charge in [-0.25, -0.2) is 4.98 Å². The minimum Gasteiger partial charge on any atom is -0.424 e. The second kappa shape index (κ2) is 6.33. The highest BCUT2D eigenvalue weighted by molar-refractivity contribution is 5.97. The van der Waals surface area contributed by atoms with Crippen LogP contribution < -0.4 is 11.5 Å². The molecule has 4 heterocycles. The molecule has 2 amide bonds. The number of rotatable bonds is 3. The number of nitrogens with zero attached hydrogens (tertiary/aromatic N) is 4. The summed E-state index contributed by atoms with van der Waals surface area (Å²) in [6.07, 6.45) is 4.71. The summed E-state index contributed by atoms with van der Waals surface area (Å²) in [4.78, 5) is 34.8. The maximum absolute atomic E-state index is 13.1. The van der Waals surface area contributed by atoms with Gasteiger partial charge in [0.25, 0.3) is 11.9 Å². The zero-order chi connectivity index (χ0) is 20.1. The average Bonchev–Trinajstić information content (AvgIpc) is 3.43. The molecule has 1 fully saturated rings. The third-order valence-electron chi connectivity index (χ3n) is 5.30. The fraction of sp³-hybridized carbons (Fsp3) is 0.200. The minimum absolute atomic E-state index is 0.115. The number of imidazole rings is 1. The summed E-state index contributed by atoms with van der Waals surface area (Å²) in [5.74, 6) is -0.735. The van der Waals surface area contributed by atoms with Gasteiger partial charge in [0.2, 0.25) is 5.91 Å². The summed E-state index contributed by atoms with van der Waals surface area (Å²) in [7, 11) is 0. The second-order valence-electron chi connectivity index (χ2n) is 7.08. The van der Waals surface area contributed by atoms with Crippen molar-refractivity contribution in [3.63, 3.8) is 0 Å². The van der Waals surface area contributed by atoms with E-state index in [4.69, 9.17) is 15.9 Å². The maximum atomic E-state index is 13.1. The molecule has 1 aliphatic heterocycles. The van der Waals surface area contributed by atoms with Gasteiger partial charge in [-0.05, 0) is 48.2 Å². The van der Waals surface area contributed by atoms with Gasteiger partial charge >= 0.3 is 0 Å². The Kier molecular flexibility index (Phi) is 3.76. The molecule has 1 saturated heterocycles. The first kappa shape index (κ1) is 17.2. The highest BCUT2D eigenvalue weighted by Gasteiger charge is 2.34. The normalized spacial score (nSPS) is 16.7. The van der Waals surface area contributed by atoms with Gasteiger partial charge in [-0.1, -0.05) is 6.07 Å². The Morgan fingerprint density at radius 3 is 2.83 bits per heavy atom. The zero-order valence-corrected chi connectivity index (χ0v) is 15.4. The van der Waals surface area contributed by atoms with E-state index in [1.807, 2.05) is 30.5 Å². The third-order valence-corrected chi connectivity index (χ3v) is 5.30. The van der Waals surface area contributed by atoms with Crippen LogP contribution in [0.4, 0.5) is 6.01 Å². The fourth-order valence-electron chi connectivity index (χ4n) is 3.89. The van der Waals surface area contributed by atoms with E-state index in [-0.39, 0.29) is 11.9 Å². The number of hydrogen-bond donors (Lipinski definition) is 2. The van der Waals surface area contributed by atoms with Gasteiger partial charge in [0.1, 0.15) is 22.9 Å². The lowest BCUT2D eigenvalue weighted by Crippen LogP contribution is -2.44. The van der Waals surface area contributed by atoms with Crippen molar-refractivity contribution in [1.29, 1.82) is 0 Å². The van der Waals surface area contributed by atoms with Crippen LogP contribution in [0.2, 0.25) is 0 Å². The van der Waals surface area contributed by atoms with Crippen molar-refractivity contribution >= 4 is 34.6 Å². The SMILES string of the molecule is NC(=O)C1CCCN1C(=O)c1cnc2ccc(-c3ccc4oc(N)nc4c3)cn12. The first-order valence-electron chi connectivity index (χ1n) is 9.25. The Labute approximate surface area is 164 Å². The number of fused-ring (bicyclic) bond motifs is 2. The smallest absolute Gasteiger partial charge is 0.292 e. The molecule has 1 atom stereocenters. The molecule has 0 saturated carbocycles. The predicted molar refractivity (Wildman–Crippen MR) is 106 cm³/mol. The number of likely N-dealkylation sites (tertiary alicyclic amines) is 1. The summed E-state index contributed by atoms with van der Waals surface area (Å²) in [6, 6.07) is 8.88. The first-order valence-corrected chi connectivity index (χ1v) is 9.25. The molecule has 9 heteroatoms. The summed E-state index contributed by atoms with van der Waals surface area (Å²) in [5.41, 5.74) is 15.1. The molecule has 0 radical (unpaired) electrons. The van der Waals surface area contributed by atoms with Crippen molar-refractivity contribution in [2.75, 3.05) is 12.3 Å². The number of carbonyl (C=O) groups is 2. The molecule has 9 nitrogen and oxygen atoms in total. The van der Waals surface area contributed by atoms with Crippen molar-refractivity contribution in [2.45, 2.75) is 18.9 Å². The molecule has 4 N–H and O–H groups in total. The number of pyridine rings is 1. The lowest BCUT2D eigenvalue weighted by atomic mass is 10.1. The molecule has 1 unspecified atom stereocenters. The van der Waals surface area contributed by atoms with Crippen molar-refractivity contribution in [3.05, 3.63) is 48.4 Å². The summed E-state index contributed by atoms with van der Waals surface area (Å²) in [5, 5.41) is 0. The average molecular weight is 390 g/mol. The number of carbonyl (C=O) groups excluding carboxylic acids is 2. The van der Waals surface area contributed by atoms with Gasteiger partial charge in [-0.3, -0.25) is 14.0 Å². The molecule has 0 aliphatic carbocycles. The van der Waals surface area contributed by atoms with Crippen LogP contribution in [0.5, 0.6) is 0 Å². The number of benzene rings is 1. The third kappa shape index (κ3) is 2.78. The molecular weight excluding hydrogens is 372 g/mol. The van der Waals surface area contributed by atoms with Crippen LogP contribution in [0.15, 0.2) is 47.1 Å². The minimum atomic E-state index is -0.573. The second-order valence-corrected chi connectivity index (χ2v) is 7.08. The number of aromatic nitrogens is 3. The molecule has 0 spiro atoms. The number of primary amides is 1. The predicted octanol–water partition coefficient (Wildman–Crippen LogP) is 1.81. The summed E-state index contributed by atoms with van der Waals surface area (Å²) in [6.45, 7) is 0.504. The molecule has 29 heavy (non-hydrogen) atoms. The van der Waals surface area contributed by atoms with Gasteiger partial charge in [0, 0.05) is 12.7 Å². The first-order chi connectivity index (χ1) is 14.0. The van der Waals surface area contributed by atoms with Crippen LogP contribution in [0, 0.1) is 0 Å². The number of hydrogen-bond acceptors (Lipinski definition) is 6. The van der Waals surface area contributed by atoms with E-state index in [0.717, 1.165) is 17.5 Å². The number of oxazole rings is 1. The van der Waals surface area contributed by atoms with E-state index in [9.17, 15) is 9.59 Å². The Bertz CT molecular complexity index is 1270. The monoisotopic (exact) mass is 390 g/mol.